The van der Waals surface area contributed by atoms with Crippen molar-refractivity contribution in [2.75, 3.05) is 6.54 Å². The van der Waals surface area contributed by atoms with E-state index in [2.05, 4.69) is 36.5 Å². The van der Waals surface area contributed by atoms with Crippen molar-refractivity contribution in [3.63, 3.8) is 0 Å². The minimum absolute atomic E-state index is 0.694. The Morgan fingerprint density at radius 1 is 1.06 bits per heavy atom. The van der Waals surface area contributed by atoms with E-state index in [1.165, 1.54) is 45.1 Å². The van der Waals surface area contributed by atoms with E-state index in [1.807, 2.05) is 0 Å². The highest BCUT2D eigenvalue weighted by Crippen LogP contribution is 2.21. The fourth-order valence-corrected chi connectivity index (χ4v) is 2.56. The van der Waals surface area contributed by atoms with Crippen LogP contribution in [0.3, 0.4) is 0 Å². The van der Waals surface area contributed by atoms with Crippen LogP contribution in [0.25, 0.3) is 0 Å². The fraction of sp³-hybridized carbons (Fsp3) is 0.600. The van der Waals surface area contributed by atoms with E-state index in [-0.39, 0.29) is 0 Å². The van der Waals surface area contributed by atoms with Gasteiger partial charge in [0, 0.05) is 6.04 Å². The highest BCUT2D eigenvalue weighted by atomic mass is 14.9. The number of fused-ring (bicyclic) bond motifs is 1. The minimum atomic E-state index is 0.694. The smallest absolute Gasteiger partial charge is 0.0148 e. The molecule has 0 aromatic heterocycles. The Labute approximate surface area is 99.3 Å². The minimum Gasteiger partial charge on any atom is -0.313 e. The summed E-state index contributed by atoms with van der Waals surface area (Å²) in [6.07, 6.45) is 7.87. The summed E-state index contributed by atoms with van der Waals surface area (Å²) >= 11 is 0. The highest BCUT2D eigenvalue weighted by molar-refractivity contribution is 5.33. The van der Waals surface area contributed by atoms with Gasteiger partial charge in [0.2, 0.25) is 0 Å². The van der Waals surface area contributed by atoms with Crippen molar-refractivity contribution in [3.05, 3.63) is 35.4 Å². The Kier molecular flexibility index (Phi) is 4.41. The summed E-state index contributed by atoms with van der Waals surface area (Å²) < 4.78 is 0. The van der Waals surface area contributed by atoms with Gasteiger partial charge in [-0.15, -0.1) is 0 Å². The van der Waals surface area contributed by atoms with Crippen LogP contribution < -0.4 is 5.32 Å². The third kappa shape index (κ3) is 3.08. The second-order valence-corrected chi connectivity index (χ2v) is 4.89. The molecule has 0 amide bonds. The summed E-state index contributed by atoms with van der Waals surface area (Å²) in [5.74, 6) is 0. The first-order valence-electron chi connectivity index (χ1n) is 6.70. The monoisotopic (exact) mass is 217 g/mol. The van der Waals surface area contributed by atoms with E-state index < -0.39 is 0 Å². The summed E-state index contributed by atoms with van der Waals surface area (Å²) in [6, 6.07) is 9.55. The lowest BCUT2D eigenvalue weighted by molar-refractivity contribution is 0.508. The Balaban J connectivity index is 1.67. The largest absolute Gasteiger partial charge is 0.313 e. The van der Waals surface area contributed by atoms with Gasteiger partial charge in [0.05, 0.1) is 0 Å². The van der Waals surface area contributed by atoms with Crippen LogP contribution in [0.5, 0.6) is 0 Å². The Hall–Kier alpha value is -0.820. The topological polar surface area (TPSA) is 12.0 Å². The maximum absolute atomic E-state index is 3.69. The average molecular weight is 217 g/mol. The lowest BCUT2D eigenvalue weighted by atomic mass is 10.1. The number of nitrogens with one attached hydrogen (secondary N) is 1. The molecule has 0 saturated heterocycles. The normalized spacial score (nSPS) is 15.3. The first-order valence-corrected chi connectivity index (χ1v) is 6.70. The molecule has 1 aliphatic carbocycles. The molecule has 1 N–H and O–H groups in total. The van der Waals surface area contributed by atoms with Gasteiger partial charge in [-0.3, -0.25) is 0 Å². The summed E-state index contributed by atoms with van der Waals surface area (Å²) in [6.45, 7) is 3.46. The van der Waals surface area contributed by atoms with Crippen molar-refractivity contribution in [2.24, 2.45) is 0 Å². The summed E-state index contributed by atoms with van der Waals surface area (Å²) in [5.41, 5.74) is 3.10. The van der Waals surface area contributed by atoms with Crippen molar-refractivity contribution in [1.29, 1.82) is 0 Å². The molecule has 1 heteroatoms. The molecule has 0 spiro atoms. The average Bonchev–Trinajstić information content (AvgIpc) is 2.71. The molecule has 0 saturated carbocycles. The number of hydrogen-bond donors (Lipinski definition) is 1. The Morgan fingerprint density at radius 2 is 1.75 bits per heavy atom. The Morgan fingerprint density at radius 3 is 2.38 bits per heavy atom. The van der Waals surface area contributed by atoms with Crippen LogP contribution in [0, 0.1) is 0 Å². The second-order valence-electron chi connectivity index (χ2n) is 4.89. The standard InChI is InChI=1S/C15H23N/c1-2-3-4-7-10-16-15-11-13-8-5-6-9-14(13)12-15/h5-6,8-9,15-16H,2-4,7,10-12H2,1H3. The van der Waals surface area contributed by atoms with Crippen LogP contribution in [0.1, 0.15) is 43.7 Å². The second kappa shape index (κ2) is 6.05. The summed E-state index contributed by atoms with van der Waals surface area (Å²) in [7, 11) is 0. The first-order chi connectivity index (χ1) is 7.90. The molecule has 0 atom stereocenters. The molecule has 16 heavy (non-hydrogen) atoms. The molecule has 1 aromatic carbocycles. The lowest BCUT2D eigenvalue weighted by Gasteiger charge is -2.11. The van der Waals surface area contributed by atoms with Crippen molar-refractivity contribution in [2.45, 2.75) is 51.5 Å². The predicted molar refractivity (Wildman–Crippen MR) is 69.8 cm³/mol. The SMILES string of the molecule is CCCCCCNC1Cc2ccccc2C1. The van der Waals surface area contributed by atoms with E-state index in [9.17, 15) is 0 Å². The molecular weight excluding hydrogens is 194 g/mol. The molecule has 0 bridgehead atoms. The van der Waals surface area contributed by atoms with E-state index in [1.54, 1.807) is 11.1 Å². The van der Waals surface area contributed by atoms with Crippen molar-refractivity contribution in [1.82, 2.24) is 5.32 Å². The quantitative estimate of drug-likeness (QED) is 0.721. The van der Waals surface area contributed by atoms with Gasteiger partial charge in [-0.1, -0.05) is 50.5 Å². The van der Waals surface area contributed by atoms with Crippen LogP contribution >= 0.6 is 0 Å². The summed E-state index contributed by atoms with van der Waals surface area (Å²) in [5, 5.41) is 3.69. The molecule has 0 unspecified atom stereocenters. The first kappa shape index (κ1) is 11.7. The Bertz CT molecular complexity index is 294. The third-order valence-electron chi connectivity index (χ3n) is 3.51. The molecule has 1 aromatic rings. The van der Waals surface area contributed by atoms with Gasteiger partial charge in [0.25, 0.3) is 0 Å². The third-order valence-corrected chi connectivity index (χ3v) is 3.51. The number of unbranched alkanes of at least 4 members (excludes halogenated alkanes) is 3. The molecule has 0 radical (unpaired) electrons. The number of hydrogen-bond acceptors (Lipinski definition) is 1. The fourth-order valence-electron chi connectivity index (χ4n) is 2.56. The van der Waals surface area contributed by atoms with Gasteiger partial charge < -0.3 is 5.32 Å². The maximum Gasteiger partial charge on any atom is 0.0148 e. The lowest BCUT2D eigenvalue weighted by Crippen LogP contribution is -2.30. The highest BCUT2D eigenvalue weighted by Gasteiger charge is 2.19. The van der Waals surface area contributed by atoms with Gasteiger partial charge in [0.1, 0.15) is 0 Å². The van der Waals surface area contributed by atoms with Gasteiger partial charge >= 0.3 is 0 Å². The van der Waals surface area contributed by atoms with E-state index >= 15 is 0 Å². The van der Waals surface area contributed by atoms with Gasteiger partial charge in [-0.2, -0.15) is 0 Å². The molecule has 0 fully saturated rings. The van der Waals surface area contributed by atoms with E-state index in [4.69, 9.17) is 0 Å². The van der Waals surface area contributed by atoms with Crippen LogP contribution in [0.4, 0.5) is 0 Å². The van der Waals surface area contributed by atoms with Crippen molar-refractivity contribution < 1.29 is 0 Å². The van der Waals surface area contributed by atoms with Crippen LogP contribution in [-0.2, 0) is 12.8 Å². The van der Waals surface area contributed by atoms with Gasteiger partial charge in [0.15, 0.2) is 0 Å². The van der Waals surface area contributed by atoms with E-state index in [0.717, 1.165) is 0 Å². The zero-order valence-electron chi connectivity index (χ0n) is 10.3. The predicted octanol–water partition coefficient (Wildman–Crippen LogP) is 3.32. The van der Waals surface area contributed by atoms with Gasteiger partial charge in [-0.25, -0.2) is 0 Å². The number of benzene rings is 1. The molecule has 0 heterocycles. The molecular formula is C15H23N. The zero-order valence-corrected chi connectivity index (χ0v) is 10.3. The van der Waals surface area contributed by atoms with Crippen LogP contribution in [-0.4, -0.2) is 12.6 Å². The maximum atomic E-state index is 3.69. The molecule has 2 rings (SSSR count). The molecule has 1 aliphatic rings. The molecule has 0 aliphatic heterocycles. The van der Waals surface area contributed by atoms with E-state index in [0.29, 0.717) is 6.04 Å². The molecule has 1 nitrogen and oxygen atoms in total. The zero-order chi connectivity index (χ0) is 11.2. The van der Waals surface area contributed by atoms with Crippen molar-refractivity contribution >= 4 is 0 Å². The van der Waals surface area contributed by atoms with Crippen LogP contribution in [0.15, 0.2) is 24.3 Å². The molecule has 88 valence electrons. The summed E-state index contributed by atoms with van der Waals surface area (Å²) in [4.78, 5) is 0. The van der Waals surface area contributed by atoms with Gasteiger partial charge in [-0.05, 0) is 36.9 Å². The van der Waals surface area contributed by atoms with Crippen LogP contribution in [0.2, 0.25) is 0 Å². The number of rotatable bonds is 6. The van der Waals surface area contributed by atoms with Crippen molar-refractivity contribution in [3.8, 4) is 0 Å².